The molecule has 4 heterocycles. The molecule has 0 radical (unpaired) electrons. The van der Waals surface area contributed by atoms with Gasteiger partial charge in [-0.25, -0.2) is 0 Å². The monoisotopic (exact) mass is 1060 g/mol. The van der Waals surface area contributed by atoms with Gasteiger partial charge in [-0.15, -0.1) is 26.3 Å². The summed E-state index contributed by atoms with van der Waals surface area (Å²) in [4.78, 5) is 9.13. The summed E-state index contributed by atoms with van der Waals surface area (Å²) < 4.78 is 25.4. The van der Waals surface area contributed by atoms with Gasteiger partial charge in [-0.05, 0) is 149 Å². The molecule has 80 heavy (non-hydrogen) atoms. The van der Waals surface area contributed by atoms with E-state index in [0.717, 1.165) is 81.3 Å². The molecule has 4 aliphatic rings. The fourth-order valence-electron chi connectivity index (χ4n) is 11.7. The first-order valence-electron chi connectivity index (χ1n) is 28.0. The van der Waals surface area contributed by atoms with Crippen molar-refractivity contribution in [3.05, 3.63) is 287 Å². The third-order valence-electron chi connectivity index (χ3n) is 15.8. The first kappa shape index (κ1) is 53.1. The molecule has 0 aromatic heterocycles. The van der Waals surface area contributed by atoms with E-state index in [2.05, 4.69) is 205 Å². The molecule has 404 valence electrons. The van der Waals surface area contributed by atoms with Crippen LogP contribution >= 0.6 is 0 Å². The van der Waals surface area contributed by atoms with Gasteiger partial charge in [-0.1, -0.05) is 135 Å². The lowest BCUT2D eigenvalue weighted by molar-refractivity contribution is 0.286. The van der Waals surface area contributed by atoms with Gasteiger partial charge in [0.15, 0.2) is 26.9 Å². The summed E-state index contributed by atoms with van der Waals surface area (Å²) in [5, 5.41) is 0. The summed E-state index contributed by atoms with van der Waals surface area (Å²) in [7, 11) is 0. The van der Waals surface area contributed by atoms with E-state index in [4.69, 9.17) is 18.9 Å². The van der Waals surface area contributed by atoms with Crippen LogP contribution in [0.15, 0.2) is 220 Å². The van der Waals surface area contributed by atoms with Crippen LogP contribution < -0.4 is 38.5 Å². The van der Waals surface area contributed by atoms with Gasteiger partial charge in [0.2, 0.25) is 0 Å². The van der Waals surface area contributed by atoms with E-state index in [1.807, 2.05) is 48.6 Å². The van der Waals surface area contributed by atoms with Crippen LogP contribution in [0.1, 0.15) is 80.6 Å². The first-order valence-corrected chi connectivity index (χ1v) is 28.0. The van der Waals surface area contributed by atoms with Crippen molar-refractivity contribution < 1.29 is 18.9 Å². The minimum Gasteiger partial charge on any atom is -0.472 e. The number of anilines is 4. The lowest BCUT2D eigenvalue weighted by Crippen LogP contribution is -2.33. The standard InChI is InChI=1S/C37H38N2O2.C35H34N2O2/c1-5-13-27-19-31(21-29-23-38(25-40-35(27)29)33-15-9-7-10-16-33)37(3,4)32-20-28(14-6-2)36-30(22-32)24-39(26-41-36)34-17-11-8-12-18-34;1-3-11-28-18-26(20-30-22-36(24-38-34(28)30)32-13-7-5-8-14-32)17-27-19-29(12-4-2)35-31(21-27)23-37(25-39-35)33-15-9-6-10-16-33/h5-12,15-22H,1-2,13-14,23-26H2,3-4H3;3-10,13-16,18-21H,1-2,11-12,17,22-25H2. The molecule has 8 heteroatoms. The van der Waals surface area contributed by atoms with Crippen molar-refractivity contribution in [1.29, 1.82) is 0 Å². The summed E-state index contributed by atoms with van der Waals surface area (Å²) in [6.45, 7) is 26.1. The van der Waals surface area contributed by atoms with Gasteiger partial charge in [0.25, 0.3) is 0 Å². The van der Waals surface area contributed by atoms with Crippen molar-refractivity contribution in [2.24, 2.45) is 0 Å². The van der Waals surface area contributed by atoms with E-state index < -0.39 is 0 Å². The summed E-state index contributed by atoms with van der Waals surface area (Å²) >= 11 is 0. The van der Waals surface area contributed by atoms with Gasteiger partial charge in [0, 0.05) is 76.6 Å². The van der Waals surface area contributed by atoms with Crippen LogP contribution in [0.25, 0.3) is 0 Å². The number of para-hydroxylation sites is 4. The Morgan fingerprint density at radius 2 is 0.625 bits per heavy atom. The van der Waals surface area contributed by atoms with E-state index >= 15 is 0 Å². The Kier molecular flexibility index (Phi) is 15.9. The second-order valence-electron chi connectivity index (χ2n) is 21.7. The molecule has 0 aliphatic carbocycles. The maximum absolute atomic E-state index is 6.37. The number of benzene rings is 8. The van der Waals surface area contributed by atoms with Crippen molar-refractivity contribution in [3.63, 3.8) is 0 Å². The highest BCUT2D eigenvalue weighted by Gasteiger charge is 2.32. The Balaban J connectivity index is 0.000000169. The van der Waals surface area contributed by atoms with Crippen LogP contribution in [-0.2, 0) is 63.7 Å². The van der Waals surface area contributed by atoms with Gasteiger partial charge in [0.05, 0.1) is 0 Å². The van der Waals surface area contributed by atoms with Crippen LogP contribution in [0.5, 0.6) is 23.0 Å². The van der Waals surface area contributed by atoms with Gasteiger partial charge in [-0.3, -0.25) is 0 Å². The molecular formula is C72H72N4O4. The van der Waals surface area contributed by atoms with Gasteiger partial charge in [0.1, 0.15) is 23.0 Å². The summed E-state index contributed by atoms with van der Waals surface area (Å²) in [5.74, 6) is 4.02. The largest absolute Gasteiger partial charge is 0.472 e. The lowest BCUT2D eigenvalue weighted by Gasteiger charge is -2.36. The zero-order chi connectivity index (χ0) is 55.0. The Bertz CT molecular complexity index is 3280. The fraction of sp³-hybridized carbons (Fsp3) is 0.222. The highest BCUT2D eigenvalue weighted by Crippen LogP contribution is 2.43. The first-order chi connectivity index (χ1) is 39.2. The van der Waals surface area contributed by atoms with Crippen molar-refractivity contribution in [3.8, 4) is 23.0 Å². The van der Waals surface area contributed by atoms with Crippen molar-refractivity contribution in [1.82, 2.24) is 0 Å². The predicted molar refractivity (Wildman–Crippen MR) is 329 cm³/mol. The molecule has 8 aromatic rings. The van der Waals surface area contributed by atoms with E-state index in [-0.39, 0.29) is 5.41 Å². The molecule has 0 fully saturated rings. The van der Waals surface area contributed by atoms with Crippen LogP contribution in [0.4, 0.5) is 22.7 Å². The second-order valence-corrected chi connectivity index (χ2v) is 21.7. The molecule has 0 atom stereocenters. The number of hydrogen-bond donors (Lipinski definition) is 0. The Morgan fingerprint density at radius 3 is 0.900 bits per heavy atom. The lowest BCUT2D eigenvalue weighted by atomic mass is 9.75. The number of hydrogen-bond acceptors (Lipinski definition) is 8. The van der Waals surface area contributed by atoms with Crippen LogP contribution in [0, 0.1) is 0 Å². The average Bonchev–Trinajstić information content (AvgIpc) is 3.50. The number of allylic oxidation sites excluding steroid dienone is 4. The van der Waals surface area contributed by atoms with E-state index in [1.165, 1.54) is 89.5 Å². The molecule has 0 bridgehead atoms. The van der Waals surface area contributed by atoms with E-state index in [0.29, 0.717) is 26.9 Å². The number of rotatable bonds is 16. The normalized spacial score (nSPS) is 14.2. The molecule has 0 saturated heterocycles. The Hall–Kier alpha value is -8.88. The van der Waals surface area contributed by atoms with E-state index in [1.54, 1.807) is 0 Å². The molecule has 0 amide bonds. The van der Waals surface area contributed by atoms with Crippen molar-refractivity contribution in [2.45, 2.75) is 77.5 Å². The predicted octanol–water partition coefficient (Wildman–Crippen LogP) is 15.6. The summed E-state index contributed by atoms with van der Waals surface area (Å²) in [5.41, 5.74) is 19.2. The zero-order valence-corrected chi connectivity index (χ0v) is 46.4. The number of ether oxygens (including phenoxy) is 4. The van der Waals surface area contributed by atoms with Crippen LogP contribution in [-0.4, -0.2) is 26.9 Å². The Morgan fingerprint density at radius 1 is 0.362 bits per heavy atom. The summed E-state index contributed by atoms with van der Waals surface area (Å²) in [6, 6.07) is 60.4. The molecule has 12 rings (SSSR count). The third-order valence-corrected chi connectivity index (χ3v) is 15.8. The van der Waals surface area contributed by atoms with Crippen molar-refractivity contribution >= 4 is 22.7 Å². The number of fused-ring (bicyclic) bond motifs is 4. The third kappa shape index (κ3) is 11.5. The molecule has 0 N–H and O–H groups in total. The Labute approximate surface area is 473 Å². The molecular weight excluding hydrogens is 985 g/mol. The molecule has 8 aromatic carbocycles. The molecule has 8 nitrogen and oxygen atoms in total. The van der Waals surface area contributed by atoms with Crippen LogP contribution in [0.3, 0.4) is 0 Å². The molecule has 0 saturated carbocycles. The topological polar surface area (TPSA) is 49.9 Å². The molecule has 0 spiro atoms. The summed E-state index contributed by atoms with van der Waals surface area (Å²) in [6.07, 6.45) is 11.8. The minimum absolute atomic E-state index is 0.250. The quantitative estimate of drug-likeness (QED) is 0.0888. The smallest absolute Gasteiger partial charge is 0.161 e. The molecule has 0 unspecified atom stereocenters. The highest BCUT2D eigenvalue weighted by molar-refractivity contribution is 5.60. The molecule has 4 aliphatic heterocycles. The fourth-order valence-corrected chi connectivity index (χ4v) is 11.7. The second kappa shape index (κ2) is 24.0. The van der Waals surface area contributed by atoms with Crippen LogP contribution in [0.2, 0.25) is 0 Å². The maximum atomic E-state index is 6.37. The number of nitrogens with zero attached hydrogens (tertiary/aromatic N) is 4. The van der Waals surface area contributed by atoms with Gasteiger partial charge < -0.3 is 38.5 Å². The average molecular weight is 1060 g/mol. The van der Waals surface area contributed by atoms with E-state index in [9.17, 15) is 0 Å². The maximum Gasteiger partial charge on any atom is 0.161 e. The van der Waals surface area contributed by atoms with Gasteiger partial charge in [-0.2, -0.15) is 0 Å². The van der Waals surface area contributed by atoms with Gasteiger partial charge >= 0.3 is 0 Å². The zero-order valence-electron chi connectivity index (χ0n) is 46.4. The van der Waals surface area contributed by atoms with Crippen molar-refractivity contribution in [2.75, 3.05) is 46.5 Å². The SMILES string of the molecule is C=CCc1cc(C(C)(C)c2cc(CC=C)c3c(c2)CN(c2ccccc2)CO3)cc2c1OCN(c1ccccc1)C2.C=CCc1cc(Cc2cc(CC=C)c3c(c2)CN(c2ccccc2)CO3)cc2c1OCN(c1ccccc1)C2. The minimum atomic E-state index is -0.250. The highest BCUT2D eigenvalue weighted by atomic mass is 16.5.